The Morgan fingerprint density at radius 1 is 1.25 bits per heavy atom. The van der Waals surface area contributed by atoms with E-state index in [1.807, 2.05) is 0 Å². The molecule has 0 fully saturated rings. The van der Waals surface area contributed by atoms with E-state index in [2.05, 4.69) is 0 Å². The number of esters is 1. The number of carbonyl (C=O) groups excluding carboxylic acids is 2. The third kappa shape index (κ3) is 4.01. The number of hydrogen-bond donors (Lipinski definition) is 0. The number of halogens is 2. The Labute approximate surface area is 172 Å². The lowest BCUT2D eigenvalue weighted by atomic mass is 10.0. The van der Waals surface area contributed by atoms with E-state index < -0.39 is 12.1 Å². The third-order valence-corrected chi connectivity index (χ3v) is 4.81. The van der Waals surface area contributed by atoms with Crippen LogP contribution in [0.5, 0.6) is 11.5 Å². The molecule has 1 unspecified atom stereocenters. The zero-order valence-electron chi connectivity index (χ0n) is 15.5. The molecule has 1 atom stereocenters. The lowest BCUT2D eigenvalue weighted by Crippen LogP contribution is -2.26. The van der Waals surface area contributed by atoms with Crippen molar-refractivity contribution in [3.05, 3.63) is 62.8 Å². The molecule has 0 bridgehead atoms. The highest BCUT2D eigenvalue weighted by Crippen LogP contribution is 2.39. The largest absolute Gasteiger partial charge is 0.479 e. The number of carbonyl (C=O) groups is 2. The maximum Gasteiger partial charge on any atom is 0.347 e. The summed E-state index contributed by atoms with van der Waals surface area (Å²) in [5.74, 6) is 0.135. The molecule has 0 aliphatic carbocycles. The number of ketones is 1. The first-order valence-corrected chi connectivity index (χ1v) is 9.43. The number of fused-ring (bicyclic) bond motifs is 1. The predicted molar refractivity (Wildman–Crippen MR) is 107 cm³/mol. The summed E-state index contributed by atoms with van der Waals surface area (Å²) in [4.78, 5) is 24.5. The Morgan fingerprint density at radius 3 is 2.57 bits per heavy atom. The van der Waals surface area contributed by atoms with Crippen LogP contribution in [0, 0.1) is 6.92 Å². The van der Waals surface area contributed by atoms with E-state index >= 15 is 0 Å². The molecule has 0 radical (unpaired) electrons. The molecule has 1 aliphatic heterocycles. The topological polar surface area (TPSA) is 61.8 Å². The molecule has 5 nitrogen and oxygen atoms in total. The smallest absolute Gasteiger partial charge is 0.347 e. The van der Waals surface area contributed by atoms with Crippen LogP contribution in [-0.4, -0.2) is 24.5 Å². The van der Waals surface area contributed by atoms with Crippen LogP contribution in [0.15, 0.2) is 36.1 Å². The van der Waals surface area contributed by atoms with Gasteiger partial charge in [0, 0.05) is 21.7 Å². The van der Waals surface area contributed by atoms with E-state index in [-0.39, 0.29) is 18.1 Å². The molecule has 2 aromatic carbocycles. The average molecular weight is 421 g/mol. The van der Waals surface area contributed by atoms with Crippen LogP contribution in [0.4, 0.5) is 0 Å². The fraction of sp³-hybridized carbons (Fsp3) is 0.238. The quantitative estimate of drug-likeness (QED) is 0.488. The zero-order chi connectivity index (χ0) is 20.4. The molecule has 7 heteroatoms. The first-order valence-electron chi connectivity index (χ1n) is 8.68. The molecular formula is C21H18Cl2O5. The number of rotatable bonds is 5. The van der Waals surface area contributed by atoms with Crippen molar-refractivity contribution in [2.24, 2.45) is 0 Å². The molecule has 3 rings (SSSR count). The first kappa shape index (κ1) is 20.2. The number of aryl methyl sites for hydroxylation is 1. The van der Waals surface area contributed by atoms with E-state index in [0.717, 1.165) is 0 Å². The van der Waals surface area contributed by atoms with Gasteiger partial charge in [-0.2, -0.15) is 0 Å². The Bertz CT molecular complexity index is 961. The molecule has 0 N–H and O–H groups in total. The fourth-order valence-electron chi connectivity index (χ4n) is 2.84. The third-order valence-electron chi connectivity index (χ3n) is 4.15. The van der Waals surface area contributed by atoms with Crippen molar-refractivity contribution in [3.63, 3.8) is 0 Å². The molecule has 28 heavy (non-hydrogen) atoms. The van der Waals surface area contributed by atoms with Crippen molar-refractivity contribution in [1.82, 2.24) is 0 Å². The summed E-state index contributed by atoms with van der Waals surface area (Å²) in [5.41, 5.74) is 1.61. The first-order chi connectivity index (χ1) is 13.3. The van der Waals surface area contributed by atoms with Gasteiger partial charge < -0.3 is 14.2 Å². The Morgan fingerprint density at radius 2 is 1.93 bits per heavy atom. The van der Waals surface area contributed by atoms with Crippen LogP contribution >= 0.6 is 23.2 Å². The Hall–Kier alpha value is -2.50. The second-order valence-corrected chi connectivity index (χ2v) is 7.01. The highest BCUT2D eigenvalue weighted by atomic mass is 35.5. The van der Waals surface area contributed by atoms with Crippen molar-refractivity contribution in [2.75, 3.05) is 6.61 Å². The van der Waals surface area contributed by atoms with Gasteiger partial charge in [-0.1, -0.05) is 29.3 Å². The molecule has 0 amide bonds. The summed E-state index contributed by atoms with van der Waals surface area (Å²) in [5, 5.41) is 0.827. The summed E-state index contributed by atoms with van der Waals surface area (Å²) >= 11 is 12.4. The van der Waals surface area contributed by atoms with E-state index in [4.69, 9.17) is 37.4 Å². The Balaban J connectivity index is 1.90. The van der Waals surface area contributed by atoms with Crippen LogP contribution in [-0.2, 0) is 9.53 Å². The standard InChI is InChI=1S/C21H18Cl2O5/c1-4-26-21(25)12(3)27-13-8-11(2)19-17(9-13)28-18(20(19)24)10-14-15(22)6-5-7-16(14)23/h5-10,12H,4H2,1-3H3/b18-10-. The molecule has 146 valence electrons. The summed E-state index contributed by atoms with van der Waals surface area (Å²) in [6.07, 6.45) is 0.736. The molecule has 0 saturated carbocycles. The fourth-order valence-corrected chi connectivity index (χ4v) is 3.34. The summed E-state index contributed by atoms with van der Waals surface area (Å²) in [6.45, 7) is 5.36. The van der Waals surface area contributed by atoms with Crippen molar-refractivity contribution in [1.29, 1.82) is 0 Å². The van der Waals surface area contributed by atoms with Gasteiger partial charge in [0.05, 0.1) is 12.2 Å². The Kier molecular flexibility index (Phi) is 5.96. The lowest BCUT2D eigenvalue weighted by molar-refractivity contribution is -0.150. The van der Waals surface area contributed by atoms with Gasteiger partial charge in [0.1, 0.15) is 11.5 Å². The van der Waals surface area contributed by atoms with E-state index in [0.29, 0.717) is 38.2 Å². The second kappa shape index (κ2) is 8.25. The SMILES string of the molecule is CCOC(=O)C(C)Oc1cc(C)c2c(c1)O/C(=C\c1c(Cl)cccc1Cl)C2=O. The normalized spacial score (nSPS) is 15.2. The van der Waals surface area contributed by atoms with Gasteiger partial charge in [0.15, 0.2) is 11.9 Å². The number of Topliss-reactive ketones (excluding diaryl/α,β-unsaturated/α-hetero) is 1. The molecule has 1 heterocycles. The van der Waals surface area contributed by atoms with Crippen LogP contribution in [0.25, 0.3) is 6.08 Å². The molecule has 0 saturated heterocycles. The van der Waals surface area contributed by atoms with Gasteiger partial charge in [-0.3, -0.25) is 4.79 Å². The monoisotopic (exact) mass is 420 g/mol. The molecule has 2 aromatic rings. The predicted octanol–water partition coefficient (Wildman–Crippen LogP) is 5.25. The van der Waals surface area contributed by atoms with Crippen LogP contribution in [0.2, 0.25) is 10.0 Å². The van der Waals surface area contributed by atoms with Crippen molar-refractivity contribution >= 4 is 41.0 Å². The van der Waals surface area contributed by atoms with Crippen LogP contribution in [0.3, 0.4) is 0 Å². The number of benzene rings is 2. The van der Waals surface area contributed by atoms with Gasteiger partial charge in [-0.05, 0) is 50.6 Å². The number of allylic oxidation sites excluding steroid dienone is 1. The van der Waals surface area contributed by atoms with Gasteiger partial charge in [0.2, 0.25) is 5.78 Å². The summed E-state index contributed by atoms with van der Waals surface area (Å²) < 4.78 is 16.3. The van der Waals surface area contributed by atoms with Gasteiger partial charge in [0.25, 0.3) is 0 Å². The molecular weight excluding hydrogens is 403 g/mol. The zero-order valence-corrected chi connectivity index (χ0v) is 17.1. The average Bonchev–Trinajstić information content (AvgIpc) is 2.94. The molecule has 0 aromatic heterocycles. The van der Waals surface area contributed by atoms with E-state index in [1.165, 1.54) is 6.08 Å². The van der Waals surface area contributed by atoms with Crippen molar-refractivity contribution in [3.8, 4) is 11.5 Å². The highest BCUT2D eigenvalue weighted by Gasteiger charge is 2.31. The highest BCUT2D eigenvalue weighted by molar-refractivity contribution is 6.37. The minimum atomic E-state index is -0.786. The number of hydrogen-bond acceptors (Lipinski definition) is 5. The summed E-state index contributed by atoms with van der Waals surface area (Å²) in [6, 6.07) is 8.34. The van der Waals surface area contributed by atoms with Crippen molar-refractivity contribution < 1.29 is 23.8 Å². The van der Waals surface area contributed by atoms with Gasteiger partial charge in [-0.15, -0.1) is 0 Å². The van der Waals surface area contributed by atoms with Crippen molar-refractivity contribution in [2.45, 2.75) is 26.9 Å². The lowest BCUT2D eigenvalue weighted by Gasteiger charge is -2.14. The number of ether oxygens (including phenoxy) is 3. The minimum absolute atomic E-state index is 0.115. The van der Waals surface area contributed by atoms with Crippen LogP contribution in [0.1, 0.15) is 35.3 Å². The maximum atomic E-state index is 12.8. The van der Waals surface area contributed by atoms with E-state index in [9.17, 15) is 9.59 Å². The van der Waals surface area contributed by atoms with Crippen LogP contribution < -0.4 is 9.47 Å². The maximum absolute atomic E-state index is 12.8. The van der Waals surface area contributed by atoms with Gasteiger partial charge >= 0.3 is 5.97 Å². The molecule has 0 spiro atoms. The molecule has 1 aliphatic rings. The minimum Gasteiger partial charge on any atom is -0.479 e. The van der Waals surface area contributed by atoms with E-state index in [1.54, 1.807) is 51.1 Å². The van der Waals surface area contributed by atoms with Gasteiger partial charge in [-0.25, -0.2) is 4.79 Å². The summed E-state index contributed by atoms with van der Waals surface area (Å²) in [7, 11) is 0. The second-order valence-electron chi connectivity index (χ2n) is 6.20.